The van der Waals surface area contributed by atoms with Gasteiger partial charge in [-0.1, -0.05) is 0 Å². The summed E-state index contributed by atoms with van der Waals surface area (Å²) in [5.41, 5.74) is 0. The molecule has 0 spiro atoms. The third-order valence-corrected chi connectivity index (χ3v) is 3.01. The Balaban J connectivity index is 0.00000144. The first kappa shape index (κ1) is 14.0. The Hall–Kier alpha value is -1.07. The molecule has 1 aliphatic heterocycles. The zero-order valence-electron chi connectivity index (χ0n) is 10.0. The van der Waals surface area contributed by atoms with Crippen LogP contribution in [0, 0.1) is 0 Å². The summed E-state index contributed by atoms with van der Waals surface area (Å²) in [5, 5.41) is 2.91. The van der Waals surface area contributed by atoms with Gasteiger partial charge in [0.1, 0.15) is 0 Å². The van der Waals surface area contributed by atoms with E-state index in [0.717, 1.165) is 25.9 Å². The second-order valence-electron chi connectivity index (χ2n) is 4.17. The van der Waals surface area contributed by atoms with Crippen LogP contribution in [-0.2, 0) is 11.3 Å². The van der Waals surface area contributed by atoms with Crippen molar-refractivity contribution in [1.29, 1.82) is 0 Å². The fourth-order valence-electron chi connectivity index (χ4n) is 2.24. The summed E-state index contributed by atoms with van der Waals surface area (Å²) < 4.78 is 2.04. The van der Waals surface area contributed by atoms with E-state index in [1.54, 1.807) is 19.6 Å². The Kier molecular flexibility index (Phi) is 5.44. The Labute approximate surface area is 108 Å². The number of nitrogens with one attached hydrogen (secondary N) is 1. The lowest BCUT2D eigenvalue weighted by Gasteiger charge is -2.24. The normalized spacial score (nSPS) is 19.1. The summed E-state index contributed by atoms with van der Waals surface area (Å²) in [6, 6.07) is 0.329. The molecule has 1 aromatic rings. The molecule has 2 rings (SSSR count). The van der Waals surface area contributed by atoms with E-state index in [-0.39, 0.29) is 18.3 Å². The number of likely N-dealkylation sites (N-methyl/N-ethyl adjacent to an activating group) is 1. The molecular weight excluding hydrogens is 240 g/mol. The van der Waals surface area contributed by atoms with Crippen molar-refractivity contribution < 1.29 is 4.79 Å². The number of amides is 1. The highest BCUT2D eigenvalue weighted by Gasteiger charge is 2.28. The number of rotatable bonds is 4. The van der Waals surface area contributed by atoms with E-state index in [4.69, 9.17) is 0 Å². The minimum absolute atomic E-state index is 0. The van der Waals surface area contributed by atoms with Crippen molar-refractivity contribution >= 4 is 18.3 Å². The quantitative estimate of drug-likeness (QED) is 0.857. The molecule has 0 saturated carbocycles. The number of imidazole rings is 1. The molecule has 0 bridgehead atoms. The summed E-state index contributed by atoms with van der Waals surface area (Å²) in [4.78, 5) is 17.8. The van der Waals surface area contributed by atoms with Crippen molar-refractivity contribution in [2.24, 2.45) is 0 Å². The van der Waals surface area contributed by atoms with Crippen molar-refractivity contribution in [2.45, 2.75) is 25.4 Å². The molecule has 17 heavy (non-hydrogen) atoms. The van der Waals surface area contributed by atoms with Gasteiger partial charge in [-0.25, -0.2) is 4.98 Å². The average Bonchev–Trinajstić information content (AvgIpc) is 2.90. The van der Waals surface area contributed by atoms with Gasteiger partial charge >= 0.3 is 0 Å². The zero-order chi connectivity index (χ0) is 11.4. The molecule has 1 amide bonds. The molecule has 2 heterocycles. The van der Waals surface area contributed by atoms with Crippen LogP contribution in [0.25, 0.3) is 0 Å². The molecule has 0 aromatic carbocycles. The number of carbonyl (C=O) groups excluding carboxylic acids is 1. The minimum Gasteiger partial charge on any atom is -0.337 e. The largest absolute Gasteiger partial charge is 0.337 e. The van der Waals surface area contributed by atoms with Gasteiger partial charge in [0.15, 0.2) is 0 Å². The number of aromatic nitrogens is 2. The molecule has 1 aliphatic rings. The van der Waals surface area contributed by atoms with E-state index in [9.17, 15) is 4.79 Å². The van der Waals surface area contributed by atoms with Crippen LogP contribution in [0.1, 0.15) is 12.8 Å². The SMILES string of the molecule is CNCC(=O)N1CCCC1Cn1ccnc1.Cl. The van der Waals surface area contributed by atoms with Crippen LogP contribution in [0.2, 0.25) is 0 Å². The number of hydrogen-bond acceptors (Lipinski definition) is 3. The van der Waals surface area contributed by atoms with E-state index in [1.807, 2.05) is 15.7 Å². The molecule has 0 aliphatic carbocycles. The van der Waals surface area contributed by atoms with Crippen LogP contribution in [0.4, 0.5) is 0 Å². The van der Waals surface area contributed by atoms with Crippen LogP contribution < -0.4 is 5.32 Å². The van der Waals surface area contributed by atoms with E-state index in [0.29, 0.717) is 12.6 Å². The minimum atomic E-state index is 0. The van der Waals surface area contributed by atoms with Gasteiger partial charge in [0.2, 0.25) is 5.91 Å². The Morgan fingerprint density at radius 3 is 3.06 bits per heavy atom. The van der Waals surface area contributed by atoms with Crippen LogP contribution in [0.5, 0.6) is 0 Å². The monoisotopic (exact) mass is 258 g/mol. The van der Waals surface area contributed by atoms with Gasteiger partial charge in [0.25, 0.3) is 0 Å². The van der Waals surface area contributed by atoms with Gasteiger partial charge in [0, 0.05) is 31.5 Å². The number of likely N-dealkylation sites (tertiary alicyclic amines) is 1. The highest BCUT2D eigenvalue weighted by atomic mass is 35.5. The Bertz CT molecular complexity index is 341. The van der Waals surface area contributed by atoms with Crippen LogP contribution >= 0.6 is 12.4 Å². The molecular formula is C11H19ClN4O. The molecule has 1 N–H and O–H groups in total. The molecule has 5 nitrogen and oxygen atoms in total. The maximum absolute atomic E-state index is 11.8. The molecule has 6 heteroatoms. The first-order valence-corrected chi connectivity index (χ1v) is 5.71. The topological polar surface area (TPSA) is 50.2 Å². The van der Waals surface area contributed by atoms with Gasteiger partial charge < -0.3 is 14.8 Å². The summed E-state index contributed by atoms with van der Waals surface area (Å²) in [6.45, 7) is 2.18. The molecule has 96 valence electrons. The first-order chi connectivity index (χ1) is 7.81. The van der Waals surface area contributed by atoms with Gasteiger partial charge in [-0.2, -0.15) is 0 Å². The number of carbonyl (C=O) groups is 1. The van der Waals surface area contributed by atoms with E-state index in [2.05, 4.69) is 10.3 Å². The summed E-state index contributed by atoms with van der Waals surface area (Å²) in [7, 11) is 1.80. The fourth-order valence-corrected chi connectivity index (χ4v) is 2.24. The first-order valence-electron chi connectivity index (χ1n) is 5.71. The predicted octanol–water partition coefficient (Wildman–Crippen LogP) is 0.515. The number of halogens is 1. The van der Waals surface area contributed by atoms with Gasteiger partial charge in [-0.15, -0.1) is 12.4 Å². The van der Waals surface area contributed by atoms with E-state index >= 15 is 0 Å². The lowest BCUT2D eigenvalue weighted by Crippen LogP contribution is -2.42. The summed E-state index contributed by atoms with van der Waals surface area (Å²) >= 11 is 0. The summed E-state index contributed by atoms with van der Waals surface area (Å²) in [5.74, 6) is 0.199. The molecule has 1 saturated heterocycles. The molecule has 1 unspecified atom stereocenters. The van der Waals surface area contributed by atoms with Gasteiger partial charge in [-0.05, 0) is 19.9 Å². The maximum atomic E-state index is 11.8. The smallest absolute Gasteiger partial charge is 0.236 e. The van der Waals surface area contributed by atoms with Crippen molar-refractivity contribution in [3.05, 3.63) is 18.7 Å². The Morgan fingerprint density at radius 1 is 1.59 bits per heavy atom. The van der Waals surface area contributed by atoms with Crippen LogP contribution in [0.3, 0.4) is 0 Å². The highest BCUT2D eigenvalue weighted by molar-refractivity contribution is 5.85. The van der Waals surface area contributed by atoms with E-state index in [1.165, 1.54) is 0 Å². The third-order valence-electron chi connectivity index (χ3n) is 3.01. The summed E-state index contributed by atoms with van der Waals surface area (Å²) in [6.07, 6.45) is 7.72. The van der Waals surface area contributed by atoms with Gasteiger partial charge in [0.05, 0.1) is 12.9 Å². The standard InChI is InChI=1S/C11H18N4O.ClH/c1-12-7-11(16)15-5-2-3-10(15)8-14-6-4-13-9-14;/h4,6,9-10,12H,2-3,5,7-8H2,1H3;1H. The van der Waals surface area contributed by atoms with Crippen LogP contribution in [-0.4, -0.2) is 46.5 Å². The highest BCUT2D eigenvalue weighted by Crippen LogP contribution is 2.18. The lowest BCUT2D eigenvalue weighted by atomic mass is 10.2. The van der Waals surface area contributed by atoms with Crippen LogP contribution in [0.15, 0.2) is 18.7 Å². The van der Waals surface area contributed by atoms with Crippen molar-refractivity contribution in [1.82, 2.24) is 19.8 Å². The second-order valence-corrected chi connectivity index (χ2v) is 4.17. The molecule has 0 radical (unpaired) electrons. The third kappa shape index (κ3) is 3.44. The fraction of sp³-hybridized carbons (Fsp3) is 0.636. The van der Waals surface area contributed by atoms with Crippen molar-refractivity contribution in [3.63, 3.8) is 0 Å². The zero-order valence-corrected chi connectivity index (χ0v) is 10.8. The van der Waals surface area contributed by atoms with Crippen molar-refractivity contribution in [2.75, 3.05) is 20.1 Å². The van der Waals surface area contributed by atoms with Crippen molar-refractivity contribution in [3.8, 4) is 0 Å². The Morgan fingerprint density at radius 2 is 2.41 bits per heavy atom. The predicted molar refractivity (Wildman–Crippen MR) is 68.1 cm³/mol. The number of hydrogen-bond donors (Lipinski definition) is 1. The second kappa shape index (κ2) is 6.61. The molecule has 1 atom stereocenters. The van der Waals surface area contributed by atoms with E-state index < -0.39 is 0 Å². The average molecular weight is 259 g/mol. The van der Waals surface area contributed by atoms with Gasteiger partial charge in [-0.3, -0.25) is 4.79 Å². The molecule has 1 aromatic heterocycles. The lowest BCUT2D eigenvalue weighted by molar-refractivity contribution is -0.131. The molecule has 1 fully saturated rings. The maximum Gasteiger partial charge on any atom is 0.236 e. The number of nitrogens with zero attached hydrogens (tertiary/aromatic N) is 3.